The third-order valence-electron chi connectivity index (χ3n) is 3.11. The maximum absolute atomic E-state index is 12.5. The molecule has 2 aromatic rings. The molecule has 0 fully saturated rings. The third-order valence-corrected chi connectivity index (χ3v) is 5.14. The van der Waals surface area contributed by atoms with Crippen LogP contribution in [0.15, 0.2) is 47.6 Å². The second kappa shape index (κ2) is 6.56. The maximum atomic E-state index is 12.5. The summed E-state index contributed by atoms with van der Waals surface area (Å²) in [4.78, 5) is 3.99. The zero-order valence-corrected chi connectivity index (χ0v) is 13.5. The van der Waals surface area contributed by atoms with E-state index < -0.39 is 10.0 Å². The number of aromatic nitrogens is 1. The Hall–Kier alpha value is -1.43. The normalized spacial score (nSPS) is 11.8. The molecule has 1 aromatic heterocycles. The first-order chi connectivity index (χ1) is 9.93. The van der Waals surface area contributed by atoms with Gasteiger partial charge in [0.25, 0.3) is 10.0 Å². The van der Waals surface area contributed by atoms with Crippen molar-refractivity contribution in [3.05, 3.63) is 59.3 Å². The highest BCUT2D eigenvalue weighted by molar-refractivity contribution is 7.89. The van der Waals surface area contributed by atoms with Gasteiger partial charge in [0.15, 0.2) is 5.03 Å². The molecule has 0 unspecified atom stereocenters. The van der Waals surface area contributed by atoms with Gasteiger partial charge in [-0.25, -0.2) is 13.4 Å². The number of nitrogens with zero attached hydrogens (tertiary/aromatic N) is 2. The summed E-state index contributed by atoms with van der Waals surface area (Å²) in [6, 6.07) is 10.9. The molecule has 0 radical (unpaired) electrons. The zero-order chi connectivity index (χ0) is 15.5. The number of sulfonamides is 1. The largest absolute Gasteiger partial charge is 0.260 e. The maximum Gasteiger partial charge on any atom is 0.260 e. The first kappa shape index (κ1) is 15.9. The van der Waals surface area contributed by atoms with Crippen molar-refractivity contribution in [1.82, 2.24) is 9.29 Å². The van der Waals surface area contributed by atoms with Gasteiger partial charge in [-0.2, -0.15) is 4.31 Å². The summed E-state index contributed by atoms with van der Waals surface area (Å²) in [5.41, 5.74) is 2.83. The van der Waals surface area contributed by atoms with Crippen molar-refractivity contribution in [3.8, 4) is 0 Å². The number of rotatable bonds is 5. The van der Waals surface area contributed by atoms with E-state index in [9.17, 15) is 8.42 Å². The lowest BCUT2D eigenvalue weighted by Gasteiger charge is -2.17. The number of alkyl halides is 1. The SMILES string of the molecule is Cc1cccc(CN(C)S(=O)(=O)c2ccc(CCl)cn2)c1. The van der Waals surface area contributed by atoms with E-state index in [1.807, 2.05) is 31.2 Å². The van der Waals surface area contributed by atoms with Crippen LogP contribution in [0.25, 0.3) is 0 Å². The predicted molar refractivity (Wildman–Crippen MR) is 83.6 cm³/mol. The number of hydrogen-bond acceptors (Lipinski definition) is 3. The summed E-state index contributed by atoms with van der Waals surface area (Å²) >= 11 is 5.68. The van der Waals surface area contributed by atoms with Gasteiger partial charge < -0.3 is 0 Å². The fraction of sp³-hybridized carbons (Fsp3) is 0.267. The van der Waals surface area contributed by atoms with Crippen LogP contribution >= 0.6 is 11.6 Å². The lowest BCUT2D eigenvalue weighted by atomic mass is 10.1. The van der Waals surface area contributed by atoms with Crippen LogP contribution in [-0.4, -0.2) is 24.8 Å². The van der Waals surface area contributed by atoms with Gasteiger partial charge in [-0.15, -0.1) is 11.6 Å². The van der Waals surface area contributed by atoms with E-state index in [4.69, 9.17) is 11.6 Å². The van der Waals surface area contributed by atoms with Crippen molar-refractivity contribution in [2.24, 2.45) is 0 Å². The van der Waals surface area contributed by atoms with Gasteiger partial charge in [-0.1, -0.05) is 35.9 Å². The van der Waals surface area contributed by atoms with Crippen LogP contribution in [-0.2, 0) is 22.4 Å². The highest BCUT2D eigenvalue weighted by Crippen LogP contribution is 2.16. The third kappa shape index (κ3) is 3.81. The Morgan fingerprint density at radius 2 is 1.95 bits per heavy atom. The molecular formula is C15H17ClN2O2S. The average Bonchev–Trinajstić information content (AvgIpc) is 2.47. The summed E-state index contributed by atoms with van der Waals surface area (Å²) in [5, 5.41) is 0.0338. The van der Waals surface area contributed by atoms with Gasteiger partial charge in [0.05, 0.1) is 0 Å². The molecule has 0 amide bonds. The molecule has 1 aromatic carbocycles. The lowest BCUT2D eigenvalue weighted by molar-refractivity contribution is 0.463. The predicted octanol–water partition coefficient (Wildman–Crippen LogP) is 2.95. The van der Waals surface area contributed by atoms with Gasteiger partial charge in [0, 0.05) is 25.7 Å². The van der Waals surface area contributed by atoms with E-state index in [-0.39, 0.29) is 5.03 Å². The molecule has 0 atom stereocenters. The summed E-state index contributed by atoms with van der Waals surface area (Å²) in [6.07, 6.45) is 1.49. The van der Waals surface area contributed by atoms with Gasteiger partial charge >= 0.3 is 0 Å². The number of pyridine rings is 1. The van der Waals surface area contributed by atoms with Gasteiger partial charge in [-0.05, 0) is 24.1 Å². The van der Waals surface area contributed by atoms with Crippen LogP contribution in [0, 0.1) is 6.92 Å². The molecule has 1 heterocycles. The molecule has 0 aliphatic heterocycles. The second-order valence-corrected chi connectivity index (χ2v) is 7.15. The van der Waals surface area contributed by atoms with Crippen LogP contribution in [0.4, 0.5) is 0 Å². The molecule has 2 rings (SSSR count). The van der Waals surface area contributed by atoms with Crippen LogP contribution in [0.5, 0.6) is 0 Å². The molecule has 0 bridgehead atoms. The number of halogens is 1. The highest BCUT2D eigenvalue weighted by Gasteiger charge is 2.22. The van der Waals surface area contributed by atoms with E-state index >= 15 is 0 Å². The Bertz CT molecular complexity index is 715. The standard InChI is InChI=1S/C15H17ClN2O2S/c1-12-4-3-5-13(8-12)11-18(2)21(19,20)15-7-6-14(9-16)10-17-15/h3-8,10H,9,11H2,1-2H3. The van der Waals surface area contributed by atoms with Gasteiger partial charge in [-0.3, -0.25) is 0 Å². The zero-order valence-electron chi connectivity index (χ0n) is 12.0. The molecule has 21 heavy (non-hydrogen) atoms. The average molecular weight is 325 g/mol. The molecule has 0 saturated heterocycles. The lowest BCUT2D eigenvalue weighted by Crippen LogP contribution is -2.27. The molecular weight excluding hydrogens is 308 g/mol. The fourth-order valence-electron chi connectivity index (χ4n) is 1.95. The van der Waals surface area contributed by atoms with Crippen molar-refractivity contribution < 1.29 is 8.42 Å². The van der Waals surface area contributed by atoms with Crippen molar-refractivity contribution in [1.29, 1.82) is 0 Å². The molecule has 0 aliphatic carbocycles. The van der Waals surface area contributed by atoms with Crippen molar-refractivity contribution >= 4 is 21.6 Å². The smallest absolute Gasteiger partial charge is 0.243 e. The van der Waals surface area contributed by atoms with Crippen LogP contribution in [0.3, 0.4) is 0 Å². The van der Waals surface area contributed by atoms with Crippen LogP contribution < -0.4 is 0 Å². The van der Waals surface area contributed by atoms with E-state index in [1.165, 1.54) is 16.6 Å². The van der Waals surface area contributed by atoms with Crippen molar-refractivity contribution in [2.75, 3.05) is 7.05 Å². The Balaban J connectivity index is 2.21. The summed E-state index contributed by atoms with van der Waals surface area (Å²) < 4.78 is 26.2. The highest BCUT2D eigenvalue weighted by atomic mass is 35.5. The molecule has 0 saturated carbocycles. The topological polar surface area (TPSA) is 50.3 Å². The fourth-order valence-corrected chi connectivity index (χ4v) is 3.18. The monoisotopic (exact) mass is 324 g/mol. The first-order valence-corrected chi connectivity index (χ1v) is 8.43. The van der Waals surface area contributed by atoms with Crippen LogP contribution in [0.1, 0.15) is 16.7 Å². The Kier molecular flexibility index (Phi) is 4.98. The molecule has 0 N–H and O–H groups in total. The Labute approximate surface area is 130 Å². The van der Waals surface area contributed by atoms with Gasteiger partial charge in [0.2, 0.25) is 0 Å². The van der Waals surface area contributed by atoms with E-state index in [2.05, 4.69) is 4.98 Å². The number of hydrogen-bond donors (Lipinski definition) is 0. The van der Waals surface area contributed by atoms with E-state index in [0.29, 0.717) is 12.4 Å². The number of benzene rings is 1. The van der Waals surface area contributed by atoms with E-state index in [1.54, 1.807) is 13.1 Å². The molecule has 112 valence electrons. The quantitative estimate of drug-likeness (QED) is 0.794. The molecule has 0 aliphatic rings. The Morgan fingerprint density at radius 1 is 1.19 bits per heavy atom. The van der Waals surface area contributed by atoms with Crippen molar-refractivity contribution in [3.63, 3.8) is 0 Å². The Morgan fingerprint density at radius 3 is 2.52 bits per heavy atom. The minimum absolute atomic E-state index is 0.0338. The molecule has 0 spiro atoms. The summed E-state index contributed by atoms with van der Waals surface area (Å²) in [6.45, 7) is 2.29. The minimum atomic E-state index is -3.60. The van der Waals surface area contributed by atoms with Crippen molar-refractivity contribution in [2.45, 2.75) is 24.4 Å². The minimum Gasteiger partial charge on any atom is -0.243 e. The summed E-state index contributed by atoms with van der Waals surface area (Å²) in [7, 11) is -2.05. The van der Waals surface area contributed by atoms with Gasteiger partial charge in [0.1, 0.15) is 0 Å². The second-order valence-electron chi connectivity index (χ2n) is 4.89. The van der Waals surface area contributed by atoms with E-state index in [0.717, 1.165) is 16.7 Å². The molecule has 4 nitrogen and oxygen atoms in total. The first-order valence-electron chi connectivity index (χ1n) is 6.46. The summed E-state index contributed by atoms with van der Waals surface area (Å²) in [5.74, 6) is 0.312. The molecule has 6 heteroatoms. The number of aryl methyl sites for hydroxylation is 1. The van der Waals surface area contributed by atoms with Crippen LogP contribution in [0.2, 0.25) is 0 Å².